The third kappa shape index (κ3) is 2.66. The Morgan fingerprint density at radius 1 is 1.37 bits per heavy atom. The predicted octanol–water partition coefficient (Wildman–Crippen LogP) is 2.02. The standard InChI is InChI=1S/C16H21NO2/c1-17(10-15(18)12-6-7-12)16(19)14-8-5-11-3-2-4-13(11)9-14/h5,8-9,12,15,18H,2-4,6-7,10H2,1H3. The SMILES string of the molecule is CN(CC(O)C1CC1)C(=O)c1ccc2c(c1)CCC2. The molecule has 1 aromatic rings. The molecular formula is C16H21NO2. The number of likely N-dealkylation sites (N-methyl/N-ethyl adjacent to an activating group) is 1. The molecule has 0 saturated heterocycles. The van der Waals surface area contributed by atoms with Crippen LogP contribution >= 0.6 is 0 Å². The van der Waals surface area contributed by atoms with Crippen LogP contribution in [0, 0.1) is 5.92 Å². The van der Waals surface area contributed by atoms with Crippen LogP contribution in [0.1, 0.15) is 40.7 Å². The Morgan fingerprint density at radius 2 is 2.11 bits per heavy atom. The van der Waals surface area contributed by atoms with Crippen LogP contribution in [-0.4, -0.2) is 35.6 Å². The molecule has 2 aliphatic rings. The van der Waals surface area contributed by atoms with Crippen molar-refractivity contribution in [1.82, 2.24) is 4.90 Å². The maximum Gasteiger partial charge on any atom is 0.253 e. The van der Waals surface area contributed by atoms with Gasteiger partial charge < -0.3 is 10.0 Å². The normalized spacial score (nSPS) is 19.1. The molecule has 19 heavy (non-hydrogen) atoms. The van der Waals surface area contributed by atoms with E-state index in [-0.39, 0.29) is 12.0 Å². The minimum absolute atomic E-state index is 0.0226. The van der Waals surface area contributed by atoms with Gasteiger partial charge in [0, 0.05) is 19.2 Å². The van der Waals surface area contributed by atoms with Crippen molar-refractivity contribution in [2.75, 3.05) is 13.6 Å². The van der Waals surface area contributed by atoms with Gasteiger partial charge in [-0.05, 0) is 61.3 Å². The van der Waals surface area contributed by atoms with E-state index in [1.165, 1.54) is 17.5 Å². The summed E-state index contributed by atoms with van der Waals surface area (Å²) in [4.78, 5) is 14.0. The smallest absolute Gasteiger partial charge is 0.253 e. The fraction of sp³-hybridized carbons (Fsp3) is 0.562. The third-order valence-corrected chi connectivity index (χ3v) is 4.32. The number of carbonyl (C=O) groups is 1. The summed E-state index contributed by atoms with van der Waals surface area (Å²) in [7, 11) is 1.78. The van der Waals surface area contributed by atoms with Crippen molar-refractivity contribution < 1.29 is 9.90 Å². The van der Waals surface area contributed by atoms with Crippen LogP contribution in [0.15, 0.2) is 18.2 Å². The molecule has 1 fully saturated rings. The number of rotatable bonds is 4. The lowest BCUT2D eigenvalue weighted by atomic mass is 10.1. The van der Waals surface area contributed by atoms with Crippen molar-refractivity contribution in [2.45, 2.75) is 38.2 Å². The molecular weight excluding hydrogens is 238 g/mol. The van der Waals surface area contributed by atoms with Gasteiger partial charge in [-0.1, -0.05) is 6.07 Å². The number of nitrogens with zero attached hydrogens (tertiary/aromatic N) is 1. The van der Waals surface area contributed by atoms with Gasteiger partial charge in [-0.25, -0.2) is 0 Å². The van der Waals surface area contributed by atoms with E-state index >= 15 is 0 Å². The molecule has 1 atom stereocenters. The molecule has 1 saturated carbocycles. The molecule has 2 aliphatic carbocycles. The summed E-state index contributed by atoms with van der Waals surface area (Å²) in [6.45, 7) is 0.445. The largest absolute Gasteiger partial charge is 0.391 e. The summed E-state index contributed by atoms with van der Waals surface area (Å²) in [5.74, 6) is 0.435. The topological polar surface area (TPSA) is 40.5 Å². The number of aliphatic hydroxyl groups excluding tert-OH is 1. The Morgan fingerprint density at radius 3 is 2.84 bits per heavy atom. The molecule has 0 heterocycles. The lowest BCUT2D eigenvalue weighted by molar-refractivity contribution is 0.0645. The molecule has 102 valence electrons. The van der Waals surface area contributed by atoms with E-state index in [4.69, 9.17) is 0 Å². The minimum Gasteiger partial charge on any atom is -0.391 e. The molecule has 1 amide bonds. The molecule has 3 nitrogen and oxygen atoms in total. The van der Waals surface area contributed by atoms with Crippen LogP contribution in [0.4, 0.5) is 0 Å². The van der Waals surface area contributed by atoms with Crippen LogP contribution < -0.4 is 0 Å². The fourth-order valence-corrected chi connectivity index (χ4v) is 2.92. The minimum atomic E-state index is -0.358. The fourth-order valence-electron chi connectivity index (χ4n) is 2.92. The Hall–Kier alpha value is -1.35. The zero-order chi connectivity index (χ0) is 13.4. The van der Waals surface area contributed by atoms with Crippen LogP contribution in [0.2, 0.25) is 0 Å². The maximum atomic E-state index is 12.3. The molecule has 3 heteroatoms. The summed E-state index contributed by atoms with van der Waals surface area (Å²) >= 11 is 0. The van der Waals surface area contributed by atoms with Crippen molar-refractivity contribution in [3.63, 3.8) is 0 Å². The van der Waals surface area contributed by atoms with Gasteiger partial charge in [0.25, 0.3) is 5.91 Å². The zero-order valence-corrected chi connectivity index (χ0v) is 11.4. The van der Waals surface area contributed by atoms with E-state index in [2.05, 4.69) is 6.07 Å². The Kier molecular flexibility index (Phi) is 3.31. The van der Waals surface area contributed by atoms with Gasteiger partial charge in [0.05, 0.1) is 6.10 Å². The summed E-state index contributed by atoms with van der Waals surface area (Å²) in [6.07, 6.45) is 5.27. The van der Waals surface area contributed by atoms with Crippen LogP contribution in [0.25, 0.3) is 0 Å². The quantitative estimate of drug-likeness (QED) is 0.898. The lowest BCUT2D eigenvalue weighted by Crippen LogP contribution is -2.35. The number of benzene rings is 1. The highest BCUT2D eigenvalue weighted by Crippen LogP contribution is 2.33. The number of hydrogen-bond donors (Lipinski definition) is 1. The summed E-state index contributed by atoms with van der Waals surface area (Å²) in [5, 5.41) is 9.92. The van der Waals surface area contributed by atoms with E-state index in [1.807, 2.05) is 12.1 Å². The molecule has 0 spiro atoms. The molecule has 0 radical (unpaired) electrons. The number of carbonyl (C=O) groups excluding carboxylic acids is 1. The molecule has 0 aliphatic heterocycles. The maximum absolute atomic E-state index is 12.3. The van der Waals surface area contributed by atoms with Gasteiger partial charge in [0.2, 0.25) is 0 Å². The van der Waals surface area contributed by atoms with Crippen molar-refractivity contribution in [2.24, 2.45) is 5.92 Å². The molecule has 1 unspecified atom stereocenters. The van der Waals surface area contributed by atoms with Crippen LogP contribution in [0.3, 0.4) is 0 Å². The van der Waals surface area contributed by atoms with Crippen molar-refractivity contribution in [3.05, 3.63) is 34.9 Å². The number of aryl methyl sites for hydroxylation is 2. The number of hydrogen-bond acceptors (Lipinski definition) is 2. The van der Waals surface area contributed by atoms with Gasteiger partial charge in [0.15, 0.2) is 0 Å². The van der Waals surface area contributed by atoms with E-state index in [9.17, 15) is 9.90 Å². The van der Waals surface area contributed by atoms with E-state index < -0.39 is 0 Å². The lowest BCUT2D eigenvalue weighted by Gasteiger charge is -2.21. The summed E-state index contributed by atoms with van der Waals surface area (Å²) in [5.41, 5.74) is 3.46. The third-order valence-electron chi connectivity index (χ3n) is 4.32. The van der Waals surface area contributed by atoms with Gasteiger partial charge >= 0.3 is 0 Å². The average Bonchev–Trinajstić information content (AvgIpc) is 3.15. The number of amides is 1. The highest BCUT2D eigenvalue weighted by Gasteiger charge is 2.31. The molecule has 1 N–H and O–H groups in total. The van der Waals surface area contributed by atoms with Gasteiger partial charge in [-0.3, -0.25) is 4.79 Å². The van der Waals surface area contributed by atoms with Gasteiger partial charge in [0.1, 0.15) is 0 Å². The molecule has 3 rings (SSSR count). The van der Waals surface area contributed by atoms with Crippen LogP contribution in [-0.2, 0) is 12.8 Å². The van der Waals surface area contributed by atoms with Crippen LogP contribution in [0.5, 0.6) is 0 Å². The second kappa shape index (κ2) is 4.97. The Bertz CT molecular complexity index is 494. The van der Waals surface area contributed by atoms with Gasteiger partial charge in [-0.15, -0.1) is 0 Å². The predicted molar refractivity (Wildman–Crippen MR) is 74.2 cm³/mol. The first-order chi connectivity index (χ1) is 9.15. The summed E-state index contributed by atoms with van der Waals surface area (Å²) < 4.78 is 0. The first-order valence-corrected chi connectivity index (χ1v) is 7.20. The molecule has 0 bridgehead atoms. The average molecular weight is 259 g/mol. The monoisotopic (exact) mass is 259 g/mol. The molecule has 1 aromatic carbocycles. The van der Waals surface area contributed by atoms with Crippen molar-refractivity contribution in [1.29, 1.82) is 0 Å². The van der Waals surface area contributed by atoms with E-state index in [0.29, 0.717) is 12.5 Å². The Labute approximate surface area is 114 Å². The first-order valence-electron chi connectivity index (χ1n) is 7.20. The van der Waals surface area contributed by atoms with E-state index in [0.717, 1.165) is 31.2 Å². The second-order valence-electron chi connectivity index (χ2n) is 5.93. The first kappa shape index (κ1) is 12.7. The Balaban J connectivity index is 1.68. The zero-order valence-electron chi connectivity index (χ0n) is 11.4. The number of aliphatic hydroxyl groups is 1. The highest BCUT2D eigenvalue weighted by molar-refractivity contribution is 5.94. The highest BCUT2D eigenvalue weighted by atomic mass is 16.3. The summed E-state index contributed by atoms with van der Waals surface area (Å²) in [6, 6.07) is 6.04. The molecule has 0 aromatic heterocycles. The second-order valence-corrected chi connectivity index (χ2v) is 5.93. The number of fused-ring (bicyclic) bond motifs is 1. The van der Waals surface area contributed by atoms with E-state index in [1.54, 1.807) is 11.9 Å². The van der Waals surface area contributed by atoms with Crippen molar-refractivity contribution in [3.8, 4) is 0 Å². The van der Waals surface area contributed by atoms with Crippen molar-refractivity contribution >= 4 is 5.91 Å². The van der Waals surface area contributed by atoms with Gasteiger partial charge in [-0.2, -0.15) is 0 Å².